The van der Waals surface area contributed by atoms with Crippen molar-refractivity contribution in [1.82, 2.24) is 25.2 Å². The molecular formula is C24H29BrClN7O2. The van der Waals surface area contributed by atoms with Crippen LogP contribution in [0.3, 0.4) is 0 Å². The fraction of sp³-hybridized carbons (Fsp3) is 0.417. The molecule has 0 saturated carbocycles. The topological polar surface area (TPSA) is 106 Å². The number of carbonyl (C=O) groups excluding carboxylic acids is 2. The highest BCUT2D eigenvalue weighted by Gasteiger charge is 2.27. The first-order chi connectivity index (χ1) is 16.5. The Balaban J connectivity index is 0.00000289. The molecule has 186 valence electrons. The number of fused-ring (bicyclic) bond motifs is 1. The summed E-state index contributed by atoms with van der Waals surface area (Å²) in [5, 5.41) is 7.27. The lowest BCUT2D eigenvalue weighted by atomic mass is 10.1. The van der Waals surface area contributed by atoms with Gasteiger partial charge in [0.2, 0.25) is 5.91 Å². The van der Waals surface area contributed by atoms with E-state index in [9.17, 15) is 9.59 Å². The predicted molar refractivity (Wildman–Crippen MR) is 142 cm³/mol. The summed E-state index contributed by atoms with van der Waals surface area (Å²) in [5.74, 6) is -0.00156. The van der Waals surface area contributed by atoms with E-state index in [0.717, 1.165) is 40.5 Å². The van der Waals surface area contributed by atoms with Crippen LogP contribution in [0.2, 0.25) is 0 Å². The molecule has 0 unspecified atom stereocenters. The summed E-state index contributed by atoms with van der Waals surface area (Å²) < 4.78 is 0.849. The number of aromatic amines is 1. The summed E-state index contributed by atoms with van der Waals surface area (Å²) in [7, 11) is 0. The van der Waals surface area contributed by atoms with Crippen molar-refractivity contribution in [3.05, 3.63) is 46.5 Å². The van der Waals surface area contributed by atoms with Gasteiger partial charge in [0.05, 0.1) is 26.8 Å². The molecule has 2 amide bonds. The average molecular weight is 563 g/mol. The first kappa shape index (κ1) is 25.4. The van der Waals surface area contributed by atoms with E-state index in [1.165, 1.54) is 0 Å². The quantitative estimate of drug-likeness (QED) is 0.440. The van der Waals surface area contributed by atoms with Crippen molar-refractivity contribution < 1.29 is 9.59 Å². The summed E-state index contributed by atoms with van der Waals surface area (Å²) in [6.45, 7) is 5.67. The van der Waals surface area contributed by atoms with Gasteiger partial charge in [0.25, 0.3) is 5.91 Å². The van der Waals surface area contributed by atoms with Crippen molar-refractivity contribution in [3.8, 4) is 0 Å². The zero-order valence-corrected chi connectivity index (χ0v) is 21.9. The molecule has 2 aliphatic heterocycles. The lowest BCUT2D eigenvalue weighted by molar-refractivity contribution is -0.131. The second-order valence-electron chi connectivity index (χ2n) is 8.95. The Morgan fingerprint density at radius 2 is 2.00 bits per heavy atom. The summed E-state index contributed by atoms with van der Waals surface area (Å²) in [5.41, 5.74) is 3.75. The molecule has 0 radical (unpaired) electrons. The molecule has 9 nitrogen and oxygen atoms in total. The number of aryl methyl sites for hydroxylation is 1. The third-order valence-corrected chi connectivity index (χ3v) is 7.13. The van der Waals surface area contributed by atoms with Crippen LogP contribution in [0.15, 0.2) is 35.3 Å². The van der Waals surface area contributed by atoms with Crippen LogP contribution in [-0.2, 0) is 4.79 Å². The Bertz CT molecular complexity index is 1220. The molecule has 2 fully saturated rings. The molecule has 11 heteroatoms. The minimum atomic E-state index is -0.223. The van der Waals surface area contributed by atoms with E-state index < -0.39 is 0 Å². The maximum atomic E-state index is 12.9. The van der Waals surface area contributed by atoms with Gasteiger partial charge < -0.3 is 25.4 Å². The van der Waals surface area contributed by atoms with Gasteiger partial charge in [-0.3, -0.25) is 14.6 Å². The van der Waals surface area contributed by atoms with Crippen molar-refractivity contribution in [1.29, 1.82) is 0 Å². The first-order valence-electron chi connectivity index (χ1n) is 11.6. The van der Waals surface area contributed by atoms with Gasteiger partial charge in [-0.05, 0) is 53.9 Å². The highest BCUT2D eigenvalue weighted by molar-refractivity contribution is 9.10. The monoisotopic (exact) mass is 561 g/mol. The highest BCUT2D eigenvalue weighted by Crippen LogP contribution is 2.38. The Hall–Kier alpha value is -2.69. The van der Waals surface area contributed by atoms with Gasteiger partial charge in [-0.25, -0.2) is 4.98 Å². The number of nitrogens with one attached hydrogen (secondary N) is 3. The smallest absolute Gasteiger partial charge is 0.257 e. The van der Waals surface area contributed by atoms with E-state index in [1.807, 2.05) is 17.9 Å². The highest BCUT2D eigenvalue weighted by atomic mass is 79.9. The molecule has 3 aromatic rings. The van der Waals surface area contributed by atoms with E-state index in [-0.39, 0.29) is 24.2 Å². The lowest BCUT2D eigenvalue weighted by Gasteiger charge is -2.37. The number of halogens is 2. The molecule has 0 bridgehead atoms. The van der Waals surface area contributed by atoms with Crippen molar-refractivity contribution in [2.45, 2.75) is 32.2 Å². The SMILES string of the molecule is Cc1cncc(C(=O)Nc2c[nH]c3ncc(Br)c(N4CCN(C(=O)C[C@@H]5CCCN5)CC4)c23)c1.Cl. The number of nitrogens with zero attached hydrogens (tertiary/aromatic N) is 4. The molecule has 5 rings (SSSR count). The van der Waals surface area contributed by atoms with Crippen LogP contribution in [-0.4, -0.2) is 70.4 Å². The second kappa shape index (κ2) is 10.9. The molecule has 1 atom stereocenters. The predicted octanol–water partition coefficient (Wildman–Crippen LogP) is 3.49. The number of pyridine rings is 2. The number of piperazine rings is 1. The zero-order chi connectivity index (χ0) is 23.7. The van der Waals surface area contributed by atoms with Crippen molar-refractivity contribution in [3.63, 3.8) is 0 Å². The second-order valence-corrected chi connectivity index (χ2v) is 9.81. The molecule has 35 heavy (non-hydrogen) atoms. The Morgan fingerprint density at radius 1 is 1.20 bits per heavy atom. The normalized spacial score (nSPS) is 17.9. The third-order valence-electron chi connectivity index (χ3n) is 6.55. The molecule has 2 saturated heterocycles. The average Bonchev–Trinajstić information content (AvgIpc) is 3.49. The van der Waals surface area contributed by atoms with E-state index in [2.05, 4.69) is 46.4 Å². The van der Waals surface area contributed by atoms with E-state index in [4.69, 9.17) is 0 Å². The van der Waals surface area contributed by atoms with Crippen LogP contribution in [0.1, 0.15) is 35.2 Å². The third kappa shape index (κ3) is 5.44. The summed E-state index contributed by atoms with van der Waals surface area (Å²) >= 11 is 3.67. The standard InChI is InChI=1S/C24H28BrN7O2.ClH/c1-15-9-16(12-26-11-15)24(34)30-19-14-29-23-21(19)22(18(25)13-28-23)32-7-5-31(6-8-32)20(33)10-17-3-2-4-27-17;/h9,11-14,17,27H,2-8,10H2,1H3,(H,28,29)(H,30,34);1H/t17-;/m0./s1. The Kier molecular flexibility index (Phi) is 7.93. The number of carbonyl (C=O) groups is 2. The zero-order valence-electron chi connectivity index (χ0n) is 19.5. The number of hydrogen-bond acceptors (Lipinski definition) is 6. The van der Waals surface area contributed by atoms with Crippen LogP contribution < -0.4 is 15.5 Å². The number of aromatic nitrogens is 3. The van der Waals surface area contributed by atoms with Gasteiger partial charge in [0.15, 0.2) is 0 Å². The molecule has 0 aromatic carbocycles. The number of hydrogen-bond donors (Lipinski definition) is 3. The van der Waals surface area contributed by atoms with Crippen LogP contribution >= 0.6 is 28.3 Å². The van der Waals surface area contributed by atoms with E-state index in [1.54, 1.807) is 24.8 Å². The first-order valence-corrected chi connectivity index (χ1v) is 12.4. The van der Waals surface area contributed by atoms with Crippen LogP contribution in [0.5, 0.6) is 0 Å². The van der Waals surface area contributed by atoms with Crippen LogP contribution in [0.4, 0.5) is 11.4 Å². The Morgan fingerprint density at radius 3 is 2.71 bits per heavy atom. The lowest BCUT2D eigenvalue weighted by Crippen LogP contribution is -2.49. The van der Waals surface area contributed by atoms with Crippen LogP contribution in [0.25, 0.3) is 11.0 Å². The molecule has 0 spiro atoms. The molecule has 5 heterocycles. The largest absolute Gasteiger partial charge is 0.366 e. The van der Waals surface area contributed by atoms with Crippen molar-refractivity contribution >= 4 is 62.6 Å². The Labute approximate surface area is 218 Å². The number of anilines is 2. The van der Waals surface area contributed by atoms with E-state index in [0.29, 0.717) is 55.5 Å². The number of amides is 2. The summed E-state index contributed by atoms with van der Waals surface area (Å²) in [6.07, 6.45) is 9.61. The summed E-state index contributed by atoms with van der Waals surface area (Å²) in [6, 6.07) is 2.12. The fourth-order valence-corrected chi connectivity index (χ4v) is 5.34. The molecular weight excluding hydrogens is 534 g/mol. The van der Waals surface area contributed by atoms with Crippen molar-refractivity contribution in [2.24, 2.45) is 0 Å². The van der Waals surface area contributed by atoms with Gasteiger partial charge in [-0.1, -0.05) is 0 Å². The maximum Gasteiger partial charge on any atom is 0.257 e. The van der Waals surface area contributed by atoms with Crippen molar-refractivity contribution in [2.75, 3.05) is 42.9 Å². The maximum absolute atomic E-state index is 12.9. The molecule has 3 N–H and O–H groups in total. The minimum absolute atomic E-state index is 0. The van der Waals surface area contributed by atoms with Gasteiger partial charge in [-0.15, -0.1) is 12.4 Å². The van der Waals surface area contributed by atoms with Crippen LogP contribution in [0, 0.1) is 6.92 Å². The minimum Gasteiger partial charge on any atom is -0.366 e. The number of H-pyrrole nitrogens is 1. The number of rotatable bonds is 5. The van der Waals surface area contributed by atoms with Gasteiger partial charge in [0, 0.05) is 63.4 Å². The van der Waals surface area contributed by atoms with Gasteiger partial charge >= 0.3 is 0 Å². The van der Waals surface area contributed by atoms with Gasteiger partial charge in [0.1, 0.15) is 5.65 Å². The molecule has 3 aromatic heterocycles. The summed E-state index contributed by atoms with van der Waals surface area (Å²) in [4.78, 5) is 41.6. The van der Waals surface area contributed by atoms with Gasteiger partial charge in [-0.2, -0.15) is 0 Å². The molecule has 2 aliphatic rings. The molecule has 0 aliphatic carbocycles. The fourth-order valence-electron chi connectivity index (χ4n) is 4.79. The van der Waals surface area contributed by atoms with E-state index >= 15 is 0 Å².